The lowest BCUT2D eigenvalue weighted by atomic mass is 10.1. The Labute approximate surface area is 186 Å². The number of carbonyl (C=O) groups is 1. The van der Waals surface area contributed by atoms with E-state index in [4.69, 9.17) is 26.4 Å². The zero-order valence-corrected chi connectivity index (χ0v) is 19.0. The fraction of sp³-hybridized carbons (Fsp3) is 0.273. The van der Waals surface area contributed by atoms with Crippen LogP contribution in [0, 0.1) is 0 Å². The van der Waals surface area contributed by atoms with Gasteiger partial charge in [-0.15, -0.1) is 0 Å². The molecular weight excluding hydrogens is 420 g/mol. The van der Waals surface area contributed by atoms with Crippen LogP contribution in [0.4, 0.5) is 5.69 Å². The zero-order chi connectivity index (χ0) is 21.7. The maximum Gasteiger partial charge on any atom is 0.267 e. The number of carbonyl (C=O) groups excluding carboxylic acids is 1. The third-order valence-corrected chi connectivity index (χ3v) is 6.04. The van der Waals surface area contributed by atoms with E-state index in [0.29, 0.717) is 33.1 Å². The van der Waals surface area contributed by atoms with E-state index in [-0.39, 0.29) is 5.91 Å². The van der Waals surface area contributed by atoms with Gasteiger partial charge in [-0.05, 0) is 47.9 Å². The fourth-order valence-corrected chi connectivity index (χ4v) is 4.26. The molecule has 2 aromatic rings. The van der Waals surface area contributed by atoms with Gasteiger partial charge in [0.05, 0.1) is 32.9 Å². The number of hydrogen-bond donors (Lipinski definition) is 1. The summed E-state index contributed by atoms with van der Waals surface area (Å²) in [6.07, 6.45) is 2.76. The number of ether oxygens (including phenoxy) is 3. The quantitative estimate of drug-likeness (QED) is 0.474. The summed E-state index contributed by atoms with van der Waals surface area (Å²) in [6.45, 7) is 2.42. The third-order valence-electron chi connectivity index (χ3n) is 4.66. The molecule has 0 atom stereocenters. The standard InChI is InChI=1S/C22H24N2O4S2/c1-5-14-6-8-16(9-7-14)23-13-24-21(25)19(30-22(24)29)12-15-10-17(26-2)20(28-4)18(11-15)27-3/h6-12,23H,5,13H2,1-4H3/b19-12+. The van der Waals surface area contributed by atoms with E-state index in [1.165, 1.54) is 17.3 Å². The first-order valence-corrected chi connectivity index (χ1v) is 10.6. The molecule has 1 heterocycles. The molecular formula is C22H24N2O4S2. The van der Waals surface area contributed by atoms with Gasteiger partial charge in [-0.25, -0.2) is 0 Å². The Kier molecular flexibility index (Phi) is 7.23. The molecule has 0 radical (unpaired) electrons. The van der Waals surface area contributed by atoms with Crippen molar-refractivity contribution in [2.24, 2.45) is 0 Å². The molecule has 6 nitrogen and oxygen atoms in total. The Morgan fingerprint density at radius 3 is 2.23 bits per heavy atom. The molecule has 158 valence electrons. The zero-order valence-electron chi connectivity index (χ0n) is 17.4. The van der Waals surface area contributed by atoms with Crippen molar-refractivity contribution in [3.8, 4) is 17.2 Å². The van der Waals surface area contributed by atoms with Gasteiger partial charge in [0, 0.05) is 5.69 Å². The van der Waals surface area contributed by atoms with Crippen LogP contribution in [0.2, 0.25) is 0 Å². The molecule has 0 unspecified atom stereocenters. The number of nitrogens with zero attached hydrogens (tertiary/aromatic N) is 1. The first kappa shape index (κ1) is 22.0. The minimum Gasteiger partial charge on any atom is -0.493 e. The normalized spacial score (nSPS) is 14.9. The fourth-order valence-electron chi connectivity index (χ4n) is 3.00. The number of thiocarbonyl (C=S) groups is 1. The number of rotatable bonds is 8. The van der Waals surface area contributed by atoms with Crippen molar-refractivity contribution >= 4 is 46.0 Å². The van der Waals surface area contributed by atoms with Crippen LogP contribution in [-0.2, 0) is 11.2 Å². The van der Waals surface area contributed by atoms with Crippen LogP contribution in [-0.4, -0.2) is 43.1 Å². The number of methoxy groups -OCH3 is 3. The summed E-state index contributed by atoms with van der Waals surface area (Å²) in [5.41, 5.74) is 2.96. The summed E-state index contributed by atoms with van der Waals surface area (Å²) >= 11 is 6.69. The van der Waals surface area contributed by atoms with Crippen molar-refractivity contribution in [2.75, 3.05) is 33.3 Å². The van der Waals surface area contributed by atoms with Gasteiger partial charge in [0.25, 0.3) is 5.91 Å². The maximum absolute atomic E-state index is 12.9. The highest BCUT2D eigenvalue weighted by atomic mass is 32.2. The number of aryl methyl sites for hydroxylation is 1. The highest BCUT2D eigenvalue weighted by molar-refractivity contribution is 8.26. The maximum atomic E-state index is 12.9. The summed E-state index contributed by atoms with van der Waals surface area (Å²) in [6, 6.07) is 11.7. The van der Waals surface area contributed by atoms with Gasteiger partial charge >= 0.3 is 0 Å². The van der Waals surface area contributed by atoms with E-state index in [1.54, 1.807) is 44.4 Å². The minimum absolute atomic E-state index is 0.142. The number of nitrogens with one attached hydrogen (secondary N) is 1. The largest absolute Gasteiger partial charge is 0.493 e. The van der Waals surface area contributed by atoms with Crippen molar-refractivity contribution < 1.29 is 19.0 Å². The Bertz CT molecular complexity index is 949. The number of benzene rings is 2. The second-order valence-corrected chi connectivity index (χ2v) is 8.13. The van der Waals surface area contributed by atoms with E-state index >= 15 is 0 Å². The lowest BCUT2D eigenvalue weighted by Crippen LogP contribution is -2.33. The molecule has 0 saturated carbocycles. The predicted octanol–water partition coefficient (Wildman–Crippen LogP) is 4.55. The van der Waals surface area contributed by atoms with Crippen molar-refractivity contribution in [2.45, 2.75) is 13.3 Å². The molecule has 1 aliphatic heterocycles. The van der Waals surface area contributed by atoms with Crippen LogP contribution in [0.5, 0.6) is 17.2 Å². The highest BCUT2D eigenvalue weighted by Crippen LogP contribution is 2.40. The molecule has 30 heavy (non-hydrogen) atoms. The number of anilines is 1. The van der Waals surface area contributed by atoms with Crippen LogP contribution < -0.4 is 19.5 Å². The molecule has 1 N–H and O–H groups in total. The third kappa shape index (κ3) is 4.71. The van der Waals surface area contributed by atoms with Crippen molar-refractivity contribution in [3.05, 3.63) is 52.4 Å². The molecule has 1 aliphatic rings. The first-order chi connectivity index (χ1) is 14.5. The van der Waals surface area contributed by atoms with E-state index in [9.17, 15) is 4.79 Å². The Morgan fingerprint density at radius 1 is 1.07 bits per heavy atom. The summed E-state index contributed by atoms with van der Waals surface area (Å²) < 4.78 is 16.6. The van der Waals surface area contributed by atoms with E-state index in [2.05, 4.69) is 24.4 Å². The van der Waals surface area contributed by atoms with Crippen LogP contribution in [0.1, 0.15) is 18.1 Å². The van der Waals surface area contributed by atoms with Gasteiger partial charge in [-0.1, -0.05) is 43.0 Å². The smallest absolute Gasteiger partial charge is 0.267 e. The second-order valence-electron chi connectivity index (χ2n) is 6.45. The van der Waals surface area contributed by atoms with Gasteiger partial charge in [0.2, 0.25) is 5.75 Å². The number of amides is 1. The summed E-state index contributed by atoms with van der Waals surface area (Å²) in [5, 5.41) is 3.26. The van der Waals surface area contributed by atoms with Crippen molar-refractivity contribution in [3.63, 3.8) is 0 Å². The minimum atomic E-state index is -0.142. The molecule has 1 amide bonds. The van der Waals surface area contributed by atoms with Crippen molar-refractivity contribution in [1.29, 1.82) is 0 Å². The number of thioether (sulfide) groups is 1. The second kappa shape index (κ2) is 9.86. The SMILES string of the molecule is CCc1ccc(NCN2C(=O)/C(=C\c3cc(OC)c(OC)c(OC)c3)SC2=S)cc1. The van der Waals surface area contributed by atoms with E-state index in [0.717, 1.165) is 17.7 Å². The molecule has 2 aromatic carbocycles. The number of hydrogen-bond acceptors (Lipinski definition) is 7. The lowest BCUT2D eigenvalue weighted by molar-refractivity contribution is -0.121. The van der Waals surface area contributed by atoms with Crippen LogP contribution >= 0.6 is 24.0 Å². The van der Waals surface area contributed by atoms with Crippen LogP contribution in [0.25, 0.3) is 6.08 Å². The summed E-state index contributed by atoms with van der Waals surface area (Å²) in [4.78, 5) is 15.0. The molecule has 1 fully saturated rings. The van der Waals surface area contributed by atoms with Gasteiger partial charge in [0.15, 0.2) is 11.5 Å². The molecule has 0 spiro atoms. The van der Waals surface area contributed by atoms with Gasteiger partial charge in [-0.2, -0.15) is 0 Å². The Morgan fingerprint density at radius 2 is 1.70 bits per heavy atom. The van der Waals surface area contributed by atoms with Gasteiger partial charge < -0.3 is 19.5 Å². The molecule has 3 rings (SSSR count). The molecule has 1 saturated heterocycles. The van der Waals surface area contributed by atoms with Crippen LogP contribution in [0.15, 0.2) is 41.3 Å². The average Bonchev–Trinajstić information content (AvgIpc) is 3.04. The molecule has 8 heteroatoms. The van der Waals surface area contributed by atoms with Crippen molar-refractivity contribution in [1.82, 2.24) is 4.90 Å². The lowest BCUT2D eigenvalue weighted by Gasteiger charge is -2.16. The topological polar surface area (TPSA) is 60.0 Å². The Hall–Kier alpha value is -2.71. The monoisotopic (exact) mass is 444 g/mol. The average molecular weight is 445 g/mol. The highest BCUT2D eigenvalue weighted by Gasteiger charge is 2.32. The van der Waals surface area contributed by atoms with Gasteiger partial charge in [0.1, 0.15) is 4.32 Å². The van der Waals surface area contributed by atoms with Gasteiger partial charge in [-0.3, -0.25) is 9.69 Å². The Balaban J connectivity index is 1.77. The van der Waals surface area contributed by atoms with E-state index < -0.39 is 0 Å². The molecule has 0 bridgehead atoms. The summed E-state index contributed by atoms with van der Waals surface area (Å²) in [5.74, 6) is 1.41. The predicted molar refractivity (Wildman–Crippen MR) is 125 cm³/mol. The van der Waals surface area contributed by atoms with E-state index in [1.807, 2.05) is 12.1 Å². The first-order valence-electron chi connectivity index (χ1n) is 9.38. The molecule has 0 aromatic heterocycles. The summed E-state index contributed by atoms with van der Waals surface area (Å²) in [7, 11) is 4.66. The molecule has 0 aliphatic carbocycles. The van der Waals surface area contributed by atoms with Crippen LogP contribution in [0.3, 0.4) is 0 Å².